The van der Waals surface area contributed by atoms with Crippen LogP contribution < -0.4 is 5.73 Å². The SMILES string of the molecule is N#CCC1(CS(=O)(=O)c2ccc(N)cc2)CC1. The van der Waals surface area contributed by atoms with Crippen molar-refractivity contribution in [3.05, 3.63) is 24.3 Å². The Bertz CT molecular complexity index is 551. The largest absolute Gasteiger partial charge is 0.399 e. The lowest BCUT2D eigenvalue weighted by molar-refractivity contribution is 0.548. The van der Waals surface area contributed by atoms with Gasteiger partial charge >= 0.3 is 0 Å². The van der Waals surface area contributed by atoms with Crippen molar-refractivity contribution in [3.63, 3.8) is 0 Å². The van der Waals surface area contributed by atoms with Gasteiger partial charge in [-0.1, -0.05) is 0 Å². The quantitative estimate of drug-likeness (QED) is 0.825. The molecule has 1 fully saturated rings. The van der Waals surface area contributed by atoms with Gasteiger partial charge in [0.15, 0.2) is 9.84 Å². The summed E-state index contributed by atoms with van der Waals surface area (Å²) >= 11 is 0. The van der Waals surface area contributed by atoms with Gasteiger partial charge in [0, 0.05) is 12.1 Å². The molecule has 1 saturated carbocycles. The first-order valence-corrected chi connectivity index (χ1v) is 7.08. The highest BCUT2D eigenvalue weighted by molar-refractivity contribution is 7.91. The number of nitrogens with two attached hydrogens (primary N) is 1. The fourth-order valence-electron chi connectivity index (χ4n) is 1.88. The van der Waals surface area contributed by atoms with Gasteiger partial charge in [-0.25, -0.2) is 8.42 Å². The molecular formula is C12H14N2O2S. The molecule has 0 heterocycles. The first-order chi connectivity index (χ1) is 7.97. The van der Waals surface area contributed by atoms with E-state index in [0.29, 0.717) is 12.1 Å². The fraction of sp³-hybridized carbons (Fsp3) is 0.417. The summed E-state index contributed by atoms with van der Waals surface area (Å²) in [6, 6.07) is 8.27. The van der Waals surface area contributed by atoms with Gasteiger partial charge < -0.3 is 5.73 Å². The molecule has 1 aliphatic rings. The molecule has 0 aromatic heterocycles. The van der Waals surface area contributed by atoms with E-state index in [1.165, 1.54) is 12.1 Å². The molecule has 0 unspecified atom stereocenters. The maximum atomic E-state index is 12.1. The van der Waals surface area contributed by atoms with E-state index in [0.717, 1.165) is 12.8 Å². The zero-order valence-corrected chi connectivity index (χ0v) is 10.2. The minimum atomic E-state index is -3.30. The number of benzene rings is 1. The Hall–Kier alpha value is -1.54. The minimum absolute atomic E-state index is 0.0669. The second kappa shape index (κ2) is 4.04. The van der Waals surface area contributed by atoms with Crippen molar-refractivity contribution in [2.24, 2.45) is 5.41 Å². The lowest BCUT2D eigenvalue weighted by atomic mass is 10.1. The molecule has 90 valence electrons. The highest BCUT2D eigenvalue weighted by Crippen LogP contribution is 2.50. The van der Waals surface area contributed by atoms with Crippen LogP contribution in [0, 0.1) is 16.7 Å². The molecule has 0 radical (unpaired) electrons. The van der Waals surface area contributed by atoms with E-state index >= 15 is 0 Å². The normalized spacial score (nSPS) is 17.4. The summed E-state index contributed by atoms with van der Waals surface area (Å²) in [5.41, 5.74) is 5.77. The molecule has 0 atom stereocenters. The van der Waals surface area contributed by atoms with Gasteiger partial charge in [-0.05, 0) is 42.5 Å². The highest BCUT2D eigenvalue weighted by atomic mass is 32.2. The summed E-state index contributed by atoms with van der Waals surface area (Å²) in [6.45, 7) is 0. The van der Waals surface area contributed by atoms with Crippen molar-refractivity contribution >= 4 is 15.5 Å². The molecular weight excluding hydrogens is 236 g/mol. The summed E-state index contributed by atoms with van der Waals surface area (Å²) in [5.74, 6) is 0.0669. The molecule has 1 aromatic rings. The Morgan fingerprint density at radius 3 is 2.35 bits per heavy atom. The van der Waals surface area contributed by atoms with Crippen LogP contribution in [0.2, 0.25) is 0 Å². The summed E-state index contributed by atoms with van der Waals surface area (Å²) in [5, 5.41) is 8.68. The Kier molecular flexibility index (Phi) is 2.84. The van der Waals surface area contributed by atoms with Gasteiger partial charge in [-0.15, -0.1) is 0 Å². The van der Waals surface area contributed by atoms with Gasteiger partial charge in [0.05, 0.1) is 16.7 Å². The maximum absolute atomic E-state index is 12.1. The van der Waals surface area contributed by atoms with Crippen LogP contribution in [0.4, 0.5) is 5.69 Å². The second-order valence-electron chi connectivity index (χ2n) is 4.66. The van der Waals surface area contributed by atoms with E-state index in [-0.39, 0.29) is 16.1 Å². The van der Waals surface area contributed by atoms with E-state index in [1.807, 2.05) is 0 Å². The number of rotatable bonds is 4. The van der Waals surface area contributed by atoms with Crippen LogP contribution in [0.15, 0.2) is 29.2 Å². The van der Waals surface area contributed by atoms with Crippen molar-refractivity contribution in [1.29, 1.82) is 5.26 Å². The first-order valence-electron chi connectivity index (χ1n) is 5.43. The summed E-state index contributed by atoms with van der Waals surface area (Å²) in [4.78, 5) is 0.288. The predicted molar refractivity (Wildman–Crippen MR) is 64.8 cm³/mol. The van der Waals surface area contributed by atoms with Gasteiger partial charge in [-0.2, -0.15) is 5.26 Å². The number of nitrogen functional groups attached to an aromatic ring is 1. The summed E-state index contributed by atoms with van der Waals surface area (Å²) in [7, 11) is -3.30. The zero-order chi connectivity index (χ0) is 12.5. The van der Waals surface area contributed by atoms with Crippen LogP contribution in [-0.4, -0.2) is 14.2 Å². The lowest BCUT2D eigenvalue weighted by Gasteiger charge is -2.11. The number of sulfone groups is 1. The van der Waals surface area contributed by atoms with Gasteiger partial charge in [-0.3, -0.25) is 0 Å². The molecule has 17 heavy (non-hydrogen) atoms. The van der Waals surface area contributed by atoms with E-state index in [9.17, 15) is 8.42 Å². The summed E-state index contributed by atoms with van der Waals surface area (Å²) < 4.78 is 24.2. The predicted octanol–water partition coefficient (Wildman–Crippen LogP) is 1.74. The molecule has 0 amide bonds. The Morgan fingerprint density at radius 1 is 1.29 bits per heavy atom. The number of nitriles is 1. The van der Waals surface area contributed by atoms with Crippen molar-refractivity contribution in [2.75, 3.05) is 11.5 Å². The van der Waals surface area contributed by atoms with E-state index in [1.54, 1.807) is 12.1 Å². The van der Waals surface area contributed by atoms with E-state index in [2.05, 4.69) is 6.07 Å². The van der Waals surface area contributed by atoms with Crippen LogP contribution in [0.5, 0.6) is 0 Å². The van der Waals surface area contributed by atoms with Crippen LogP contribution in [-0.2, 0) is 9.84 Å². The molecule has 2 rings (SSSR count). The van der Waals surface area contributed by atoms with Crippen LogP contribution in [0.3, 0.4) is 0 Å². The molecule has 1 aliphatic carbocycles. The molecule has 2 N–H and O–H groups in total. The average Bonchev–Trinajstić information content (AvgIpc) is 2.98. The average molecular weight is 250 g/mol. The zero-order valence-electron chi connectivity index (χ0n) is 9.39. The number of nitrogens with zero attached hydrogens (tertiary/aromatic N) is 1. The second-order valence-corrected chi connectivity index (χ2v) is 6.65. The van der Waals surface area contributed by atoms with Crippen LogP contribution in [0.1, 0.15) is 19.3 Å². The van der Waals surface area contributed by atoms with E-state index < -0.39 is 9.84 Å². The lowest BCUT2D eigenvalue weighted by Crippen LogP contribution is -2.17. The molecule has 0 bridgehead atoms. The fourth-order valence-corrected chi connectivity index (χ4v) is 3.79. The molecule has 0 aliphatic heterocycles. The molecule has 4 nitrogen and oxygen atoms in total. The molecule has 1 aromatic carbocycles. The number of hydrogen-bond acceptors (Lipinski definition) is 4. The monoisotopic (exact) mass is 250 g/mol. The van der Waals surface area contributed by atoms with Gasteiger partial charge in [0.1, 0.15) is 0 Å². The third kappa shape index (κ3) is 2.59. The first kappa shape index (κ1) is 11.9. The Balaban J connectivity index is 2.20. The topological polar surface area (TPSA) is 84.0 Å². The van der Waals surface area contributed by atoms with E-state index in [4.69, 9.17) is 11.0 Å². The number of anilines is 1. The Labute approximate surface area is 101 Å². The molecule has 5 heteroatoms. The summed E-state index contributed by atoms with van der Waals surface area (Å²) in [6.07, 6.45) is 1.98. The van der Waals surface area contributed by atoms with Crippen molar-refractivity contribution in [3.8, 4) is 6.07 Å². The van der Waals surface area contributed by atoms with Gasteiger partial charge in [0.2, 0.25) is 0 Å². The van der Waals surface area contributed by atoms with Crippen molar-refractivity contribution in [2.45, 2.75) is 24.2 Å². The van der Waals surface area contributed by atoms with Crippen LogP contribution in [0.25, 0.3) is 0 Å². The molecule has 0 saturated heterocycles. The third-order valence-electron chi connectivity index (χ3n) is 3.15. The van der Waals surface area contributed by atoms with Crippen LogP contribution >= 0.6 is 0 Å². The smallest absolute Gasteiger partial charge is 0.178 e. The number of hydrogen-bond donors (Lipinski definition) is 1. The minimum Gasteiger partial charge on any atom is -0.399 e. The third-order valence-corrected chi connectivity index (χ3v) is 5.13. The van der Waals surface area contributed by atoms with Crippen molar-refractivity contribution < 1.29 is 8.42 Å². The highest BCUT2D eigenvalue weighted by Gasteiger charge is 2.46. The standard InChI is InChI=1S/C12H14N2O2S/c13-8-7-12(5-6-12)9-17(15,16)11-3-1-10(14)2-4-11/h1-4H,5-7,9,14H2. The molecule has 0 spiro atoms. The van der Waals surface area contributed by atoms with Crippen molar-refractivity contribution in [1.82, 2.24) is 0 Å². The Morgan fingerprint density at radius 2 is 1.88 bits per heavy atom. The van der Waals surface area contributed by atoms with Gasteiger partial charge in [0.25, 0.3) is 0 Å². The maximum Gasteiger partial charge on any atom is 0.178 e.